The van der Waals surface area contributed by atoms with Gasteiger partial charge in [0.2, 0.25) is 0 Å². The molecule has 0 aromatic carbocycles. The number of rotatable bonds is 4. The second-order valence-electron chi connectivity index (χ2n) is 6.32. The minimum Gasteiger partial charge on any atom is -0.353 e. The van der Waals surface area contributed by atoms with E-state index in [1.807, 2.05) is 11.4 Å². The maximum atomic E-state index is 4.46. The summed E-state index contributed by atoms with van der Waals surface area (Å²) in [5.74, 6) is 2.59. The highest BCUT2D eigenvalue weighted by atomic mass is 15.4. The lowest BCUT2D eigenvalue weighted by Gasteiger charge is -2.31. The molecule has 1 aliphatic carbocycles. The second kappa shape index (κ2) is 5.26. The Bertz CT molecular complexity index is 626. The van der Waals surface area contributed by atoms with Crippen LogP contribution in [-0.2, 0) is 0 Å². The van der Waals surface area contributed by atoms with Gasteiger partial charge in [-0.2, -0.15) is 14.6 Å². The standard InChI is InChI=1S/C15H22N6/c1-11-7-14(21-15(19-11)17-10-18-21)20(13-4-5-13)9-12-3-2-6-16-8-12/h7,10,12-13,16H,2-6,8-9H2,1H3. The molecule has 1 atom stereocenters. The molecule has 2 fully saturated rings. The van der Waals surface area contributed by atoms with Crippen molar-refractivity contribution >= 4 is 11.6 Å². The van der Waals surface area contributed by atoms with Crippen molar-refractivity contribution < 1.29 is 0 Å². The molecule has 0 radical (unpaired) electrons. The van der Waals surface area contributed by atoms with E-state index in [0.717, 1.165) is 30.5 Å². The van der Waals surface area contributed by atoms with Crippen molar-refractivity contribution in [3.63, 3.8) is 0 Å². The number of hydrogen-bond acceptors (Lipinski definition) is 5. The van der Waals surface area contributed by atoms with Gasteiger partial charge in [-0.05, 0) is 51.6 Å². The monoisotopic (exact) mass is 286 g/mol. The van der Waals surface area contributed by atoms with E-state index in [1.54, 1.807) is 6.33 Å². The van der Waals surface area contributed by atoms with E-state index in [-0.39, 0.29) is 0 Å². The first-order valence-electron chi connectivity index (χ1n) is 7.96. The summed E-state index contributed by atoms with van der Waals surface area (Å²) >= 11 is 0. The second-order valence-corrected chi connectivity index (χ2v) is 6.32. The molecule has 1 aliphatic heterocycles. The predicted octanol–water partition coefficient (Wildman–Crippen LogP) is 1.40. The Balaban J connectivity index is 1.67. The van der Waals surface area contributed by atoms with Crippen molar-refractivity contribution in [3.8, 4) is 0 Å². The molecule has 0 spiro atoms. The minimum absolute atomic E-state index is 0.668. The topological polar surface area (TPSA) is 58.4 Å². The first kappa shape index (κ1) is 13.0. The number of aryl methyl sites for hydroxylation is 1. The van der Waals surface area contributed by atoms with Crippen LogP contribution in [0.15, 0.2) is 12.4 Å². The van der Waals surface area contributed by atoms with Crippen LogP contribution in [0.3, 0.4) is 0 Å². The molecule has 3 heterocycles. The van der Waals surface area contributed by atoms with Crippen LogP contribution in [0.2, 0.25) is 0 Å². The fraction of sp³-hybridized carbons (Fsp3) is 0.667. The lowest BCUT2D eigenvalue weighted by Crippen LogP contribution is -2.40. The summed E-state index contributed by atoms with van der Waals surface area (Å²) in [5.41, 5.74) is 1.01. The average Bonchev–Trinajstić information content (AvgIpc) is 3.23. The van der Waals surface area contributed by atoms with Gasteiger partial charge in [0.25, 0.3) is 5.78 Å². The van der Waals surface area contributed by atoms with Crippen molar-refractivity contribution in [1.82, 2.24) is 24.9 Å². The lowest BCUT2D eigenvalue weighted by molar-refractivity contribution is 0.374. The van der Waals surface area contributed by atoms with Gasteiger partial charge in [-0.25, -0.2) is 4.98 Å². The zero-order valence-corrected chi connectivity index (χ0v) is 12.5. The summed E-state index contributed by atoms with van der Waals surface area (Å²) in [5, 5.41) is 7.89. The number of hydrogen-bond donors (Lipinski definition) is 1. The molecule has 1 saturated carbocycles. The van der Waals surface area contributed by atoms with Gasteiger partial charge in [0.1, 0.15) is 12.1 Å². The molecule has 1 saturated heterocycles. The summed E-state index contributed by atoms with van der Waals surface area (Å²) in [6.07, 6.45) is 6.78. The van der Waals surface area contributed by atoms with Gasteiger partial charge in [-0.3, -0.25) is 0 Å². The summed E-state index contributed by atoms with van der Waals surface area (Å²) in [4.78, 5) is 11.2. The quantitative estimate of drug-likeness (QED) is 0.920. The zero-order chi connectivity index (χ0) is 14.2. The Morgan fingerprint density at radius 2 is 2.29 bits per heavy atom. The van der Waals surface area contributed by atoms with Gasteiger partial charge in [-0.1, -0.05) is 0 Å². The average molecular weight is 286 g/mol. The summed E-state index contributed by atoms with van der Waals surface area (Å²) in [6.45, 7) is 5.44. The number of aromatic nitrogens is 4. The Labute approximate surface area is 124 Å². The number of nitrogens with zero attached hydrogens (tertiary/aromatic N) is 5. The summed E-state index contributed by atoms with van der Waals surface area (Å²) < 4.78 is 1.89. The Morgan fingerprint density at radius 1 is 1.38 bits per heavy atom. The van der Waals surface area contributed by atoms with Crippen LogP contribution >= 0.6 is 0 Å². The molecule has 4 rings (SSSR count). The van der Waals surface area contributed by atoms with Gasteiger partial charge in [0.15, 0.2) is 0 Å². The first-order valence-corrected chi connectivity index (χ1v) is 7.96. The molecule has 2 aromatic heterocycles. The van der Waals surface area contributed by atoms with E-state index in [0.29, 0.717) is 11.8 Å². The maximum absolute atomic E-state index is 4.46. The van der Waals surface area contributed by atoms with Crippen LogP contribution in [0.4, 0.5) is 5.82 Å². The van der Waals surface area contributed by atoms with E-state index in [2.05, 4.69) is 31.3 Å². The molecule has 2 aliphatic rings. The fourth-order valence-corrected chi connectivity index (χ4v) is 3.29. The molecular formula is C15H22N6. The first-order chi connectivity index (χ1) is 10.3. The molecule has 112 valence electrons. The molecule has 0 amide bonds. The van der Waals surface area contributed by atoms with E-state index >= 15 is 0 Å². The highest BCUT2D eigenvalue weighted by Crippen LogP contribution is 2.33. The van der Waals surface area contributed by atoms with Crippen molar-refractivity contribution in [2.75, 3.05) is 24.5 Å². The van der Waals surface area contributed by atoms with Crippen LogP contribution in [-0.4, -0.2) is 45.3 Å². The minimum atomic E-state index is 0.668. The summed E-state index contributed by atoms with van der Waals surface area (Å²) in [7, 11) is 0. The molecule has 2 aromatic rings. The van der Waals surface area contributed by atoms with Crippen molar-refractivity contribution in [3.05, 3.63) is 18.1 Å². The van der Waals surface area contributed by atoms with E-state index < -0.39 is 0 Å². The molecular weight excluding hydrogens is 264 g/mol. The number of nitrogens with one attached hydrogen (secondary N) is 1. The Kier molecular flexibility index (Phi) is 3.25. The van der Waals surface area contributed by atoms with Crippen LogP contribution < -0.4 is 10.2 Å². The van der Waals surface area contributed by atoms with Crippen molar-refractivity contribution in [1.29, 1.82) is 0 Å². The highest BCUT2D eigenvalue weighted by Gasteiger charge is 2.33. The molecule has 0 bridgehead atoms. The normalized spacial score (nSPS) is 22.6. The number of fused-ring (bicyclic) bond motifs is 1. The number of piperidine rings is 1. The van der Waals surface area contributed by atoms with Gasteiger partial charge in [-0.15, -0.1) is 0 Å². The van der Waals surface area contributed by atoms with Crippen LogP contribution in [0.5, 0.6) is 0 Å². The Morgan fingerprint density at radius 3 is 3.05 bits per heavy atom. The number of anilines is 1. The van der Waals surface area contributed by atoms with Crippen molar-refractivity contribution in [2.24, 2.45) is 5.92 Å². The third-order valence-electron chi connectivity index (χ3n) is 4.50. The zero-order valence-electron chi connectivity index (χ0n) is 12.5. The van der Waals surface area contributed by atoms with Gasteiger partial charge < -0.3 is 10.2 Å². The van der Waals surface area contributed by atoms with E-state index in [1.165, 1.54) is 32.2 Å². The molecule has 1 unspecified atom stereocenters. The van der Waals surface area contributed by atoms with E-state index in [9.17, 15) is 0 Å². The SMILES string of the molecule is Cc1cc(N(CC2CCCNC2)C2CC2)n2ncnc2n1. The largest absolute Gasteiger partial charge is 0.353 e. The van der Waals surface area contributed by atoms with Crippen LogP contribution in [0, 0.1) is 12.8 Å². The molecule has 1 N–H and O–H groups in total. The van der Waals surface area contributed by atoms with E-state index in [4.69, 9.17) is 0 Å². The smallest absolute Gasteiger partial charge is 0.254 e. The van der Waals surface area contributed by atoms with Crippen molar-refractivity contribution in [2.45, 2.75) is 38.6 Å². The lowest BCUT2D eigenvalue weighted by atomic mass is 9.99. The van der Waals surface area contributed by atoms with Gasteiger partial charge in [0.05, 0.1) is 0 Å². The van der Waals surface area contributed by atoms with Gasteiger partial charge >= 0.3 is 0 Å². The van der Waals surface area contributed by atoms with Crippen LogP contribution in [0.25, 0.3) is 5.78 Å². The molecule has 6 nitrogen and oxygen atoms in total. The Hall–Kier alpha value is -1.69. The summed E-state index contributed by atoms with van der Waals surface area (Å²) in [6, 6.07) is 2.82. The highest BCUT2D eigenvalue weighted by molar-refractivity contribution is 5.49. The maximum Gasteiger partial charge on any atom is 0.254 e. The fourth-order valence-electron chi connectivity index (χ4n) is 3.29. The predicted molar refractivity (Wildman–Crippen MR) is 81.5 cm³/mol. The third kappa shape index (κ3) is 2.60. The molecule has 6 heteroatoms. The third-order valence-corrected chi connectivity index (χ3v) is 4.50. The van der Waals surface area contributed by atoms with Gasteiger partial charge in [0, 0.05) is 24.3 Å². The molecule has 21 heavy (non-hydrogen) atoms. The van der Waals surface area contributed by atoms with Crippen LogP contribution in [0.1, 0.15) is 31.4 Å².